The van der Waals surface area contributed by atoms with Crippen LogP contribution < -0.4 is 0 Å². The molecule has 0 saturated carbocycles. The fourth-order valence-electron chi connectivity index (χ4n) is 2.05. The van der Waals surface area contributed by atoms with Crippen LogP contribution in [0.25, 0.3) is 11.0 Å². The van der Waals surface area contributed by atoms with E-state index in [0.29, 0.717) is 9.24 Å². The zero-order valence-electron chi connectivity index (χ0n) is 11.4. The lowest BCUT2D eigenvalue weighted by molar-refractivity contribution is 0.126. The molecule has 0 spiro atoms. The van der Waals surface area contributed by atoms with Crippen LogP contribution >= 0.6 is 28.1 Å². The molecule has 0 saturated heterocycles. The molecule has 6 heteroatoms. The first-order valence-corrected chi connectivity index (χ1v) is 7.99. The smallest absolute Gasteiger partial charge is 0.178 e. The standard InChI is InChI=1S/C14H18BrFN2OS/c1-2-3-6-19-7-4-5-18-13-8-10(15)11(16)9-12(13)17-14(18)20/h8-9H,2-7H2,1H3,(H,17,20). The maximum atomic E-state index is 13.5. The molecule has 0 aliphatic heterocycles. The van der Waals surface area contributed by atoms with E-state index < -0.39 is 0 Å². The summed E-state index contributed by atoms with van der Waals surface area (Å²) < 4.78 is 22.1. The molecule has 2 rings (SSSR count). The van der Waals surface area contributed by atoms with Crippen molar-refractivity contribution in [2.75, 3.05) is 13.2 Å². The molecule has 0 amide bonds. The number of halogens is 2. The van der Waals surface area contributed by atoms with Gasteiger partial charge in [0, 0.05) is 25.8 Å². The van der Waals surface area contributed by atoms with Crippen molar-refractivity contribution < 1.29 is 9.13 Å². The highest BCUT2D eigenvalue weighted by Crippen LogP contribution is 2.23. The first-order valence-electron chi connectivity index (χ1n) is 6.78. The molecule has 0 radical (unpaired) electrons. The van der Waals surface area contributed by atoms with Crippen molar-refractivity contribution in [3.63, 3.8) is 0 Å². The molecule has 110 valence electrons. The Kier molecular flexibility index (Phi) is 5.74. The highest BCUT2D eigenvalue weighted by atomic mass is 79.9. The Morgan fingerprint density at radius 2 is 2.10 bits per heavy atom. The summed E-state index contributed by atoms with van der Waals surface area (Å²) in [7, 11) is 0. The molecule has 0 bridgehead atoms. The lowest BCUT2D eigenvalue weighted by Crippen LogP contribution is -2.03. The van der Waals surface area contributed by atoms with Gasteiger partial charge in [-0.05, 0) is 47.1 Å². The summed E-state index contributed by atoms with van der Waals surface area (Å²) in [6.45, 7) is 4.44. The second-order valence-electron chi connectivity index (χ2n) is 4.68. The predicted octanol–water partition coefficient (Wildman–Crippen LogP) is 4.81. The number of aromatic amines is 1. The summed E-state index contributed by atoms with van der Waals surface area (Å²) in [4.78, 5) is 3.03. The third-order valence-corrected chi connectivity index (χ3v) is 4.06. The Labute approximate surface area is 131 Å². The van der Waals surface area contributed by atoms with Gasteiger partial charge in [-0.3, -0.25) is 0 Å². The van der Waals surface area contributed by atoms with Gasteiger partial charge in [0.25, 0.3) is 0 Å². The van der Waals surface area contributed by atoms with Crippen molar-refractivity contribution in [2.45, 2.75) is 32.7 Å². The minimum Gasteiger partial charge on any atom is -0.381 e. The summed E-state index contributed by atoms with van der Waals surface area (Å²) in [5, 5.41) is 0. The van der Waals surface area contributed by atoms with Crippen molar-refractivity contribution >= 4 is 39.2 Å². The number of imidazole rings is 1. The van der Waals surface area contributed by atoms with Crippen molar-refractivity contribution in [3.8, 4) is 0 Å². The van der Waals surface area contributed by atoms with Gasteiger partial charge in [0.05, 0.1) is 15.5 Å². The fourth-order valence-corrected chi connectivity index (χ4v) is 2.68. The molecule has 1 heterocycles. The van der Waals surface area contributed by atoms with Gasteiger partial charge in [-0.1, -0.05) is 13.3 Å². The summed E-state index contributed by atoms with van der Waals surface area (Å²) in [6, 6.07) is 3.22. The quantitative estimate of drug-likeness (QED) is 0.567. The van der Waals surface area contributed by atoms with Crippen molar-refractivity contribution in [2.24, 2.45) is 0 Å². The number of fused-ring (bicyclic) bond motifs is 1. The second kappa shape index (κ2) is 7.33. The number of rotatable bonds is 7. The third-order valence-electron chi connectivity index (χ3n) is 3.13. The van der Waals surface area contributed by atoms with Crippen molar-refractivity contribution in [1.29, 1.82) is 0 Å². The van der Waals surface area contributed by atoms with E-state index in [1.807, 2.05) is 4.57 Å². The van der Waals surface area contributed by atoms with E-state index in [-0.39, 0.29) is 5.82 Å². The van der Waals surface area contributed by atoms with E-state index in [0.717, 1.165) is 50.1 Å². The second-order valence-corrected chi connectivity index (χ2v) is 5.93. The van der Waals surface area contributed by atoms with Gasteiger partial charge in [0.1, 0.15) is 5.82 Å². The Balaban J connectivity index is 2.04. The molecule has 1 aromatic heterocycles. The van der Waals surface area contributed by atoms with E-state index in [4.69, 9.17) is 17.0 Å². The van der Waals surface area contributed by atoms with Crippen LogP contribution in [-0.2, 0) is 11.3 Å². The van der Waals surface area contributed by atoms with Crippen LogP contribution in [0.2, 0.25) is 0 Å². The molecule has 1 N–H and O–H groups in total. The zero-order chi connectivity index (χ0) is 14.5. The average molecular weight is 361 g/mol. The Bertz CT molecular complexity index is 638. The normalized spacial score (nSPS) is 11.3. The molecule has 1 aromatic carbocycles. The van der Waals surface area contributed by atoms with Gasteiger partial charge in [-0.25, -0.2) is 4.39 Å². The first kappa shape index (κ1) is 15.7. The number of benzene rings is 1. The average Bonchev–Trinajstić information content (AvgIpc) is 2.70. The van der Waals surface area contributed by atoms with E-state index in [9.17, 15) is 4.39 Å². The summed E-state index contributed by atoms with van der Waals surface area (Å²) >= 11 is 8.50. The molecule has 0 unspecified atom stereocenters. The maximum Gasteiger partial charge on any atom is 0.178 e. The van der Waals surface area contributed by atoms with E-state index >= 15 is 0 Å². The number of unbranched alkanes of at least 4 members (excludes halogenated alkanes) is 1. The highest BCUT2D eigenvalue weighted by molar-refractivity contribution is 9.10. The van der Waals surface area contributed by atoms with Gasteiger partial charge >= 0.3 is 0 Å². The lowest BCUT2D eigenvalue weighted by Gasteiger charge is -2.06. The van der Waals surface area contributed by atoms with E-state index in [1.165, 1.54) is 6.07 Å². The zero-order valence-corrected chi connectivity index (χ0v) is 13.8. The molecular weight excluding hydrogens is 343 g/mol. The number of hydrogen-bond acceptors (Lipinski definition) is 2. The third kappa shape index (κ3) is 3.68. The number of aryl methyl sites for hydroxylation is 1. The van der Waals surface area contributed by atoms with Crippen LogP contribution in [-0.4, -0.2) is 22.8 Å². The van der Waals surface area contributed by atoms with Crippen LogP contribution in [0.3, 0.4) is 0 Å². The number of nitrogens with zero attached hydrogens (tertiary/aromatic N) is 1. The summed E-state index contributed by atoms with van der Waals surface area (Å²) in [5.74, 6) is -0.288. The number of ether oxygens (including phenoxy) is 1. The monoisotopic (exact) mass is 360 g/mol. The Morgan fingerprint density at radius 3 is 2.85 bits per heavy atom. The van der Waals surface area contributed by atoms with Crippen LogP contribution in [0.1, 0.15) is 26.2 Å². The summed E-state index contributed by atoms with van der Waals surface area (Å²) in [6.07, 6.45) is 3.13. The van der Waals surface area contributed by atoms with E-state index in [2.05, 4.69) is 27.8 Å². The maximum absolute atomic E-state index is 13.5. The SMILES string of the molecule is CCCCOCCCn1c(=S)[nH]c2cc(F)c(Br)cc21. The molecule has 3 nitrogen and oxygen atoms in total. The van der Waals surface area contributed by atoms with Crippen LogP contribution in [0, 0.1) is 10.6 Å². The Hall–Kier alpha value is -0.720. The van der Waals surface area contributed by atoms with Crippen molar-refractivity contribution in [1.82, 2.24) is 9.55 Å². The number of hydrogen-bond donors (Lipinski definition) is 1. The molecule has 0 aliphatic rings. The van der Waals surface area contributed by atoms with Crippen LogP contribution in [0.4, 0.5) is 4.39 Å². The molecule has 20 heavy (non-hydrogen) atoms. The molecule has 0 atom stereocenters. The topological polar surface area (TPSA) is 29.9 Å². The molecular formula is C14H18BrFN2OS. The van der Waals surface area contributed by atoms with Gasteiger partial charge in [-0.2, -0.15) is 0 Å². The van der Waals surface area contributed by atoms with Gasteiger partial charge in [-0.15, -0.1) is 0 Å². The molecule has 2 aromatic rings. The number of nitrogens with one attached hydrogen (secondary N) is 1. The fraction of sp³-hybridized carbons (Fsp3) is 0.500. The van der Waals surface area contributed by atoms with Crippen LogP contribution in [0.15, 0.2) is 16.6 Å². The van der Waals surface area contributed by atoms with Crippen LogP contribution in [0.5, 0.6) is 0 Å². The van der Waals surface area contributed by atoms with E-state index in [1.54, 1.807) is 6.07 Å². The van der Waals surface area contributed by atoms with Gasteiger partial charge < -0.3 is 14.3 Å². The number of aromatic nitrogens is 2. The minimum atomic E-state index is -0.288. The lowest BCUT2D eigenvalue weighted by atomic mass is 10.3. The molecule has 0 fully saturated rings. The van der Waals surface area contributed by atoms with Gasteiger partial charge in [0.2, 0.25) is 0 Å². The minimum absolute atomic E-state index is 0.288. The summed E-state index contributed by atoms with van der Waals surface area (Å²) in [5.41, 5.74) is 1.64. The first-order chi connectivity index (χ1) is 9.63. The Morgan fingerprint density at radius 1 is 1.35 bits per heavy atom. The molecule has 0 aliphatic carbocycles. The largest absolute Gasteiger partial charge is 0.381 e. The highest BCUT2D eigenvalue weighted by Gasteiger charge is 2.08. The van der Waals surface area contributed by atoms with Crippen molar-refractivity contribution in [3.05, 3.63) is 27.2 Å². The van der Waals surface area contributed by atoms with Gasteiger partial charge in [0.15, 0.2) is 4.77 Å². The predicted molar refractivity (Wildman–Crippen MR) is 85.1 cm³/mol. The number of H-pyrrole nitrogens is 1.